The van der Waals surface area contributed by atoms with Gasteiger partial charge in [0.05, 0.1) is 23.7 Å². The van der Waals surface area contributed by atoms with Gasteiger partial charge in [0.1, 0.15) is 5.60 Å². The van der Waals surface area contributed by atoms with E-state index in [9.17, 15) is 33.2 Å². The topological polar surface area (TPSA) is 141 Å². The Morgan fingerprint density at radius 3 is 2.20 bits per heavy atom. The molecule has 5 aliphatic carbocycles. The molecular formula is C32H44N2O6S. The van der Waals surface area contributed by atoms with Gasteiger partial charge < -0.3 is 5.11 Å². The van der Waals surface area contributed by atoms with Crippen LogP contribution in [0.1, 0.15) is 87.0 Å². The van der Waals surface area contributed by atoms with Crippen molar-refractivity contribution in [2.45, 2.75) is 92.6 Å². The molecule has 0 radical (unpaired) electrons. The second kappa shape index (κ2) is 8.41. The van der Waals surface area contributed by atoms with Gasteiger partial charge in [-0.25, -0.2) is 8.42 Å². The second-order valence-corrected chi connectivity index (χ2v) is 17.3. The number of aliphatic hydroxyl groups is 1. The molecule has 41 heavy (non-hydrogen) atoms. The molecule has 0 bridgehead atoms. The van der Waals surface area contributed by atoms with E-state index in [1.807, 2.05) is 33.8 Å². The predicted octanol–water partition coefficient (Wildman–Crippen LogP) is 4.25. The molecule has 3 saturated carbocycles. The molecule has 0 aromatic rings. The minimum Gasteiger partial charge on any atom is -0.381 e. The maximum atomic E-state index is 14.5. The van der Waals surface area contributed by atoms with Crippen LogP contribution in [0.15, 0.2) is 23.8 Å². The van der Waals surface area contributed by atoms with E-state index < -0.39 is 71.6 Å². The van der Waals surface area contributed by atoms with Crippen LogP contribution in [0.25, 0.3) is 0 Å². The first-order valence-electron chi connectivity index (χ1n) is 14.7. The quantitative estimate of drug-likeness (QED) is 0.494. The van der Waals surface area contributed by atoms with E-state index in [4.69, 9.17) is 0 Å². The van der Waals surface area contributed by atoms with Crippen molar-refractivity contribution in [2.24, 2.45) is 50.2 Å². The number of nitrogens with zero attached hydrogens (tertiary/aromatic N) is 1. The number of carbonyl (C=O) groups is 3. The number of ketones is 2. The molecule has 1 amide bonds. The number of nitrogens with one attached hydrogen (secondary N) is 1. The van der Waals surface area contributed by atoms with Crippen molar-refractivity contribution in [2.75, 3.05) is 6.26 Å². The fraction of sp³-hybridized carbons (Fsp3) is 0.750. The Bertz CT molecular complexity index is 1470. The summed E-state index contributed by atoms with van der Waals surface area (Å²) in [6, 6.07) is 2.30. The third-order valence-corrected chi connectivity index (χ3v) is 13.8. The number of carbonyl (C=O) groups excluding carboxylic acids is 3. The molecule has 0 aliphatic heterocycles. The van der Waals surface area contributed by atoms with Crippen LogP contribution in [0.5, 0.6) is 0 Å². The smallest absolute Gasteiger partial charge is 0.240 e. The summed E-state index contributed by atoms with van der Waals surface area (Å²) in [7, 11) is -3.88. The molecule has 5 aliphatic rings. The van der Waals surface area contributed by atoms with Crippen LogP contribution in [-0.4, -0.2) is 42.9 Å². The number of amides is 1. The zero-order valence-corrected chi connectivity index (χ0v) is 26.4. The average molecular weight is 585 g/mol. The minimum absolute atomic E-state index is 0.00667. The third kappa shape index (κ3) is 3.53. The van der Waals surface area contributed by atoms with Crippen LogP contribution >= 0.6 is 0 Å². The van der Waals surface area contributed by atoms with E-state index in [0.717, 1.165) is 18.2 Å². The first-order chi connectivity index (χ1) is 18.6. The van der Waals surface area contributed by atoms with Crippen molar-refractivity contribution in [1.29, 1.82) is 5.26 Å². The predicted molar refractivity (Wildman–Crippen MR) is 153 cm³/mol. The molecular weight excluding hydrogens is 540 g/mol. The van der Waals surface area contributed by atoms with Gasteiger partial charge in [-0.05, 0) is 79.9 Å². The SMILES string of the molecule is CC12CCC(C)(C(=O)NS(C)(=O)=O)C(C#N)C1C1(O)C(=O)C=C3C4(C)C=CC(=O)C(C)(C)C4CCC3(C)C1(C)CC2. The van der Waals surface area contributed by atoms with E-state index in [1.54, 1.807) is 19.1 Å². The Morgan fingerprint density at radius 2 is 1.61 bits per heavy atom. The number of sulfonamides is 1. The summed E-state index contributed by atoms with van der Waals surface area (Å²) in [6.45, 7) is 13.7. The fourth-order valence-electron chi connectivity index (χ4n) is 10.3. The molecule has 0 saturated heterocycles. The summed E-state index contributed by atoms with van der Waals surface area (Å²) in [5.74, 6) is -3.13. The van der Waals surface area contributed by atoms with Gasteiger partial charge in [-0.15, -0.1) is 0 Å². The molecule has 0 aromatic heterocycles. The summed E-state index contributed by atoms with van der Waals surface area (Å²) >= 11 is 0. The van der Waals surface area contributed by atoms with E-state index in [0.29, 0.717) is 25.7 Å². The van der Waals surface area contributed by atoms with Crippen molar-refractivity contribution >= 4 is 27.5 Å². The largest absolute Gasteiger partial charge is 0.381 e. The summed E-state index contributed by atoms with van der Waals surface area (Å²) in [5.41, 5.74) is -5.77. The van der Waals surface area contributed by atoms with Crippen LogP contribution in [0.4, 0.5) is 0 Å². The van der Waals surface area contributed by atoms with E-state index in [1.165, 1.54) is 0 Å². The maximum Gasteiger partial charge on any atom is 0.240 e. The highest BCUT2D eigenvalue weighted by atomic mass is 32.2. The van der Waals surface area contributed by atoms with E-state index in [-0.39, 0.29) is 18.1 Å². The molecule has 0 aromatic carbocycles. The number of fused-ring (bicyclic) bond motifs is 7. The summed E-state index contributed by atoms with van der Waals surface area (Å²) < 4.78 is 26.1. The highest BCUT2D eigenvalue weighted by Crippen LogP contribution is 2.76. The highest BCUT2D eigenvalue weighted by Gasteiger charge is 2.77. The van der Waals surface area contributed by atoms with Gasteiger partial charge in [0, 0.05) is 22.2 Å². The third-order valence-electron chi connectivity index (χ3n) is 13.2. The Labute approximate surface area is 244 Å². The lowest BCUT2D eigenvalue weighted by atomic mass is 9.32. The zero-order valence-electron chi connectivity index (χ0n) is 25.6. The highest BCUT2D eigenvalue weighted by molar-refractivity contribution is 7.89. The van der Waals surface area contributed by atoms with Gasteiger partial charge in [0.15, 0.2) is 11.6 Å². The Morgan fingerprint density at radius 1 is 1.00 bits per heavy atom. The number of allylic oxidation sites excluding steroid dienone is 3. The van der Waals surface area contributed by atoms with Gasteiger partial charge in [0.2, 0.25) is 15.9 Å². The van der Waals surface area contributed by atoms with Crippen molar-refractivity contribution < 1.29 is 27.9 Å². The van der Waals surface area contributed by atoms with Crippen LogP contribution in [-0.2, 0) is 24.4 Å². The summed E-state index contributed by atoms with van der Waals surface area (Å²) in [4.78, 5) is 40.9. The molecule has 2 N–H and O–H groups in total. The van der Waals surface area contributed by atoms with Crippen LogP contribution in [0.3, 0.4) is 0 Å². The van der Waals surface area contributed by atoms with Crippen molar-refractivity contribution in [1.82, 2.24) is 4.72 Å². The van der Waals surface area contributed by atoms with Gasteiger partial charge >= 0.3 is 0 Å². The lowest BCUT2D eigenvalue weighted by Crippen LogP contribution is -2.75. The average Bonchev–Trinajstić information content (AvgIpc) is 2.85. The maximum absolute atomic E-state index is 14.5. The van der Waals surface area contributed by atoms with Crippen molar-refractivity contribution in [3.8, 4) is 6.07 Å². The monoisotopic (exact) mass is 584 g/mol. The Hall–Kier alpha value is -2.31. The lowest BCUT2D eigenvalue weighted by molar-refractivity contribution is -0.251. The normalized spacial score (nSPS) is 48.5. The van der Waals surface area contributed by atoms with Gasteiger partial charge in [0.25, 0.3) is 0 Å². The zero-order chi connectivity index (χ0) is 30.8. The molecule has 8 nitrogen and oxygen atoms in total. The molecule has 9 unspecified atom stereocenters. The first kappa shape index (κ1) is 30.2. The van der Waals surface area contributed by atoms with Gasteiger partial charge in [-0.2, -0.15) is 5.26 Å². The molecule has 9 atom stereocenters. The Balaban J connectivity index is 1.71. The Kier molecular flexibility index (Phi) is 6.18. The molecule has 3 fully saturated rings. The lowest BCUT2D eigenvalue weighted by Gasteiger charge is -2.72. The molecule has 0 spiro atoms. The van der Waals surface area contributed by atoms with Crippen LogP contribution in [0, 0.1) is 61.6 Å². The minimum atomic E-state index is -3.88. The summed E-state index contributed by atoms with van der Waals surface area (Å²) in [5, 5.41) is 23.6. The number of rotatable bonds is 2. The van der Waals surface area contributed by atoms with Gasteiger partial charge in [-0.3, -0.25) is 19.1 Å². The van der Waals surface area contributed by atoms with Gasteiger partial charge in [-0.1, -0.05) is 47.6 Å². The molecule has 224 valence electrons. The van der Waals surface area contributed by atoms with Crippen LogP contribution < -0.4 is 4.72 Å². The van der Waals surface area contributed by atoms with Crippen LogP contribution in [0.2, 0.25) is 0 Å². The summed E-state index contributed by atoms with van der Waals surface area (Å²) in [6.07, 6.45) is 9.48. The number of hydrogen-bond donors (Lipinski definition) is 2. The molecule has 0 heterocycles. The molecule has 9 heteroatoms. The number of hydrogen-bond acceptors (Lipinski definition) is 7. The number of nitriles is 1. The standard InChI is InChI=1S/C32H44N2O6S/c1-26(2)20-9-12-30(6)21(29(20,5)11-10-22(26)35)17-23(36)32(38)24-19(18-33)28(4,25(37)34-41(8,39)40)15-13-27(24,3)14-16-31(30,32)7/h10-11,17,19-20,24,38H,9,12-16H2,1-8H3,(H,34,37). The van der Waals surface area contributed by atoms with Crippen molar-refractivity contribution in [3.63, 3.8) is 0 Å². The van der Waals surface area contributed by atoms with E-state index >= 15 is 0 Å². The second-order valence-electron chi connectivity index (χ2n) is 15.5. The van der Waals surface area contributed by atoms with Crippen molar-refractivity contribution in [3.05, 3.63) is 23.8 Å². The molecule has 5 rings (SSSR count). The fourth-order valence-corrected chi connectivity index (χ4v) is 10.9. The first-order valence-corrected chi connectivity index (χ1v) is 16.6. The van der Waals surface area contributed by atoms with E-state index in [2.05, 4.69) is 24.6 Å².